The quantitative estimate of drug-likeness (QED) is 0.768. The summed E-state index contributed by atoms with van der Waals surface area (Å²) in [6.45, 7) is 1.99. The van der Waals surface area contributed by atoms with Crippen LogP contribution in [0.1, 0.15) is 46.6 Å². The Morgan fingerprint density at radius 3 is 2.96 bits per heavy atom. The first-order valence-electron chi connectivity index (χ1n) is 8.14. The monoisotopic (exact) mass is 338 g/mol. The van der Waals surface area contributed by atoms with Crippen LogP contribution in [-0.4, -0.2) is 11.1 Å². The van der Waals surface area contributed by atoms with E-state index in [1.54, 1.807) is 17.4 Å². The molecule has 0 aliphatic heterocycles. The second-order valence-corrected chi connectivity index (χ2v) is 7.08. The van der Waals surface area contributed by atoms with Crippen LogP contribution in [0.15, 0.2) is 46.3 Å². The molecule has 1 aliphatic rings. The lowest BCUT2D eigenvalue weighted by Gasteiger charge is -2.14. The molecule has 5 heteroatoms. The molecule has 0 radical (unpaired) electrons. The van der Waals surface area contributed by atoms with Crippen LogP contribution in [0, 0.1) is 0 Å². The molecule has 1 N–H and O–H groups in total. The molecule has 1 aliphatic carbocycles. The number of aromatic nitrogens is 1. The van der Waals surface area contributed by atoms with Crippen molar-refractivity contribution in [3.05, 3.63) is 64.2 Å². The average Bonchev–Trinajstić information content (AvgIpc) is 3.32. The highest BCUT2D eigenvalue weighted by molar-refractivity contribution is 7.13. The fraction of sp³-hybridized carbons (Fsp3) is 0.263. The number of fused-ring (bicyclic) bond motifs is 1. The Bertz CT molecular complexity index is 867. The van der Waals surface area contributed by atoms with Gasteiger partial charge in [0.05, 0.1) is 10.9 Å². The van der Waals surface area contributed by atoms with Crippen molar-refractivity contribution in [1.82, 2.24) is 10.5 Å². The number of hydrogen-bond acceptors (Lipinski definition) is 4. The van der Waals surface area contributed by atoms with Gasteiger partial charge in [-0.25, -0.2) is 0 Å². The third-order valence-electron chi connectivity index (χ3n) is 4.48. The van der Waals surface area contributed by atoms with Crippen molar-refractivity contribution in [3.8, 4) is 10.6 Å². The Balaban J connectivity index is 1.47. The van der Waals surface area contributed by atoms with Crippen LogP contribution in [0.5, 0.6) is 0 Å². The van der Waals surface area contributed by atoms with Gasteiger partial charge in [0.15, 0.2) is 11.5 Å². The number of benzene rings is 1. The van der Waals surface area contributed by atoms with Crippen LogP contribution < -0.4 is 5.32 Å². The Kier molecular flexibility index (Phi) is 3.94. The lowest BCUT2D eigenvalue weighted by Crippen LogP contribution is -2.26. The van der Waals surface area contributed by atoms with Crippen molar-refractivity contribution in [2.75, 3.05) is 0 Å². The fourth-order valence-electron chi connectivity index (χ4n) is 3.13. The summed E-state index contributed by atoms with van der Waals surface area (Å²) in [5, 5.41) is 8.87. The summed E-state index contributed by atoms with van der Waals surface area (Å²) < 4.78 is 5.28. The fourth-order valence-corrected chi connectivity index (χ4v) is 3.81. The Labute approximate surface area is 144 Å². The lowest BCUT2D eigenvalue weighted by atomic mass is 10.0. The van der Waals surface area contributed by atoms with Gasteiger partial charge in [-0.15, -0.1) is 11.3 Å². The van der Waals surface area contributed by atoms with Crippen molar-refractivity contribution >= 4 is 17.2 Å². The van der Waals surface area contributed by atoms with E-state index in [0.717, 1.165) is 16.9 Å². The van der Waals surface area contributed by atoms with Crippen molar-refractivity contribution < 1.29 is 9.32 Å². The van der Waals surface area contributed by atoms with Gasteiger partial charge in [-0.2, -0.15) is 0 Å². The number of hydrogen-bond donors (Lipinski definition) is 1. The molecule has 0 fully saturated rings. The molecule has 0 saturated heterocycles. The Morgan fingerprint density at radius 1 is 1.25 bits per heavy atom. The Morgan fingerprint density at radius 2 is 2.12 bits per heavy atom. The SMILES string of the molecule is CC(NC(=O)c1cc(-c2cccs2)on1)c1ccc2c(c1)CCC2. The zero-order valence-corrected chi connectivity index (χ0v) is 14.2. The maximum atomic E-state index is 12.4. The number of aryl methyl sites for hydroxylation is 2. The highest BCUT2D eigenvalue weighted by Crippen LogP contribution is 2.27. The van der Waals surface area contributed by atoms with Gasteiger partial charge < -0.3 is 9.84 Å². The van der Waals surface area contributed by atoms with E-state index >= 15 is 0 Å². The number of carbonyl (C=O) groups excluding carboxylic acids is 1. The highest BCUT2D eigenvalue weighted by atomic mass is 32.1. The molecule has 3 aromatic rings. The second-order valence-electron chi connectivity index (χ2n) is 6.13. The molecule has 0 bridgehead atoms. The topological polar surface area (TPSA) is 55.1 Å². The normalized spacial score (nSPS) is 14.4. The number of nitrogens with zero attached hydrogens (tertiary/aromatic N) is 1. The molecule has 4 nitrogen and oxygen atoms in total. The van der Waals surface area contributed by atoms with E-state index in [2.05, 4.69) is 28.7 Å². The predicted octanol–water partition coefficient (Wildman–Crippen LogP) is 4.38. The minimum atomic E-state index is -0.213. The van der Waals surface area contributed by atoms with Crippen molar-refractivity contribution in [1.29, 1.82) is 0 Å². The smallest absolute Gasteiger partial charge is 0.273 e. The second kappa shape index (κ2) is 6.24. The highest BCUT2D eigenvalue weighted by Gasteiger charge is 2.18. The number of nitrogens with one attached hydrogen (secondary N) is 1. The summed E-state index contributed by atoms with van der Waals surface area (Å²) >= 11 is 1.56. The maximum Gasteiger partial charge on any atom is 0.273 e. The molecule has 2 aromatic heterocycles. The summed E-state index contributed by atoms with van der Waals surface area (Å²) in [6.07, 6.45) is 3.53. The number of amides is 1. The predicted molar refractivity (Wildman–Crippen MR) is 94.2 cm³/mol. The van der Waals surface area contributed by atoms with Crippen molar-refractivity contribution in [2.24, 2.45) is 0 Å². The summed E-state index contributed by atoms with van der Waals surface area (Å²) in [6, 6.07) is 12.0. The van der Waals surface area contributed by atoms with Gasteiger partial charge in [-0.1, -0.05) is 29.4 Å². The van der Waals surface area contributed by atoms with Crippen molar-refractivity contribution in [2.45, 2.75) is 32.2 Å². The van der Waals surface area contributed by atoms with E-state index in [4.69, 9.17) is 4.52 Å². The lowest BCUT2D eigenvalue weighted by molar-refractivity contribution is 0.0931. The van der Waals surface area contributed by atoms with E-state index in [1.165, 1.54) is 24.0 Å². The van der Waals surface area contributed by atoms with Gasteiger partial charge in [0.25, 0.3) is 5.91 Å². The molecule has 1 unspecified atom stereocenters. The molecule has 24 heavy (non-hydrogen) atoms. The van der Waals surface area contributed by atoms with E-state index in [-0.39, 0.29) is 11.9 Å². The average molecular weight is 338 g/mol. The molecule has 1 atom stereocenters. The van der Waals surface area contributed by atoms with Gasteiger partial charge in [-0.05, 0) is 54.3 Å². The molecule has 1 amide bonds. The van der Waals surface area contributed by atoms with Gasteiger partial charge in [0, 0.05) is 6.07 Å². The zero-order chi connectivity index (χ0) is 16.5. The van der Waals surface area contributed by atoms with Crippen LogP contribution in [0.3, 0.4) is 0 Å². The maximum absolute atomic E-state index is 12.4. The first kappa shape index (κ1) is 15.1. The van der Waals surface area contributed by atoms with Gasteiger partial charge >= 0.3 is 0 Å². The third kappa shape index (κ3) is 2.87. The summed E-state index contributed by atoms with van der Waals surface area (Å²) in [5.41, 5.74) is 4.29. The molecular weight excluding hydrogens is 320 g/mol. The van der Waals surface area contributed by atoms with Gasteiger partial charge in [0.1, 0.15) is 0 Å². The summed E-state index contributed by atoms with van der Waals surface area (Å²) in [4.78, 5) is 13.4. The zero-order valence-electron chi connectivity index (χ0n) is 13.4. The minimum absolute atomic E-state index is 0.0645. The van der Waals surface area contributed by atoms with E-state index < -0.39 is 0 Å². The van der Waals surface area contributed by atoms with Crippen LogP contribution >= 0.6 is 11.3 Å². The molecule has 4 rings (SSSR count). The Hall–Kier alpha value is -2.40. The number of rotatable bonds is 4. The first-order chi connectivity index (χ1) is 11.7. The van der Waals surface area contributed by atoms with Gasteiger partial charge in [-0.3, -0.25) is 4.79 Å². The molecule has 122 valence electrons. The number of carbonyl (C=O) groups is 1. The van der Waals surface area contributed by atoms with Crippen LogP contribution in [0.4, 0.5) is 0 Å². The van der Waals surface area contributed by atoms with E-state index in [9.17, 15) is 4.79 Å². The van der Waals surface area contributed by atoms with E-state index in [0.29, 0.717) is 11.5 Å². The summed E-state index contributed by atoms with van der Waals surface area (Å²) in [7, 11) is 0. The molecule has 2 heterocycles. The molecule has 0 spiro atoms. The third-order valence-corrected chi connectivity index (χ3v) is 5.36. The molecular formula is C19H18N2O2S. The number of thiophene rings is 1. The largest absolute Gasteiger partial charge is 0.355 e. The molecule has 1 aromatic carbocycles. The minimum Gasteiger partial charge on any atom is -0.355 e. The van der Waals surface area contributed by atoms with Crippen molar-refractivity contribution in [3.63, 3.8) is 0 Å². The first-order valence-corrected chi connectivity index (χ1v) is 9.02. The summed E-state index contributed by atoms with van der Waals surface area (Å²) in [5.74, 6) is 0.412. The molecule has 0 saturated carbocycles. The van der Waals surface area contributed by atoms with Crippen LogP contribution in [0.2, 0.25) is 0 Å². The van der Waals surface area contributed by atoms with E-state index in [1.807, 2.05) is 24.4 Å². The van der Waals surface area contributed by atoms with Gasteiger partial charge in [0.2, 0.25) is 0 Å². The van der Waals surface area contributed by atoms with Crippen LogP contribution in [-0.2, 0) is 12.8 Å². The van der Waals surface area contributed by atoms with Crippen LogP contribution in [0.25, 0.3) is 10.6 Å². The standard InChI is InChI=1S/C19H18N2O2S/c1-12(14-8-7-13-4-2-5-15(13)10-14)20-19(22)16-11-17(23-21-16)18-6-3-9-24-18/h3,6-12H,2,4-5H2,1H3,(H,20,22).